The third-order valence-corrected chi connectivity index (χ3v) is 5.25. The van der Waals surface area contributed by atoms with Gasteiger partial charge in [-0.2, -0.15) is 9.36 Å². The Balaban J connectivity index is 1.98. The van der Waals surface area contributed by atoms with Crippen molar-refractivity contribution in [3.05, 3.63) is 54.6 Å². The summed E-state index contributed by atoms with van der Waals surface area (Å²) in [6.07, 6.45) is 0. The number of benzene rings is 2. The van der Waals surface area contributed by atoms with E-state index in [1.165, 1.54) is 0 Å². The molecule has 21 heavy (non-hydrogen) atoms. The summed E-state index contributed by atoms with van der Waals surface area (Å²) in [5, 5.41) is 0.381. The lowest BCUT2D eigenvalue weighted by atomic mass is 10.2. The molecule has 0 unspecified atom stereocenters. The Hall–Kier alpha value is -2.25. The molecule has 0 aliphatic carbocycles. The van der Waals surface area contributed by atoms with Crippen LogP contribution in [0.1, 0.15) is 0 Å². The quantitative estimate of drug-likeness (QED) is 0.802. The second-order valence-corrected chi connectivity index (χ2v) is 7.03. The third-order valence-electron chi connectivity index (χ3n) is 2.92. The number of nitrogen functional groups attached to an aromatic ring is 1. The number of hydrogen-bond donors (Lipinski definition) is 1. The molecule has 106 valence electrons. The highest BCUT2D eigenvalue weighted by molar-refractivity contribution is 7.91. The Morgan fingerprint density at radius 3 is 2.10 bits per heavy atom. The fraction of sp³-hybridized carbons (Fsp3) is 0. The summed E-state index contributed by atoms with van der Waals surface area (Å²) in [4.78, 5) is 4.58. The molecule has 3 rings (SSSR count). The van der Waals surface area contributed by atoms with Gasteiger partial charge in [-0.25, -0.2) is 8.42 Å². The van der Waals surface area contributed by atoms with Crippen LogP contribution in [-0.4, -0.2) is 17.8 Å². The predicted octanol–water partition coefficient (Wildman–Crippen LogP) is 2.62. The Labute approximate surface area is 126 Å². The van der Waals surface area contributed by atoms with E-state index in [9.17, 15) is 8.42 Å². The minimum absolute atomic E-state index is 0.237. The zero-order chi connectivity index (χ0) is 14.9. The molecule has 0 fully saturated rings. The number of rotatable bonds is 3. The molecule has 0 aliphatic rings. The van der Waals surface area contributed by atoms with E-state index in [2.05, 4.69) is 9.36 Å². The first kappa shape index (κ1) is 13.7. The van der Waals surface area contributed by atoms with E-state index in [0.29, 0.717) is 11.0 Å². The van der Waals surface area contributed by atoms with E-state index in [1.54, 1.807) is 54.6 Å². The van der Waals surface area contributed by atoms with Crippen molar-refractivity contribution in [1.29, 1.82) is 0 Å². The largest absolute Gasteiger partial charge is 0.374 e. The molecule has 0 atom stereocenters. The molecule has 3 aromatic rings. The number of hydrogen-bond acceptors (Lipinski definition) is 6. The van der Waals surface area contributed by atoms with Gasteiger partial charge in [-0.3, -0.25) is 0 Å². The predicted molar refractivity (Wildman–Crippen MR) is 81.7 cm³/mol. The van der Waals surface area contributed by atoms with Crippen LogP contribution in [0.5, 0.6) is 0 Å². The Morgan fingerprint density at radius 1 is 0.905 bits per heavy atom. The van der Waals surface area contributed by atoms with Gasteiger partial charge in [-0.1, -0.05) is 18.2 Å². The van der Waals surface area contributed by atoms with Gasteiger partial charge in [0, 0.05) is 17.1 Å². The lowest BCUT2D eigenvalue weighted by Gasteiger charge is -2.04. The maximum absolute atomic E-state index is 12.4. The van der Waals surface area contributed by atoms with Crippen molar-refractivity contribution in [2.45, 2.75) is 9.79 Å². The molecule has 0 spiro atoms. The Kier molecular flexibility index (Phi) is 3.44. The van der Waals surface area contributed by atoms with Gasteiger partial charge < -0.3 is 5.73 Å². The first-order valence-electron chi connectivity index (χ1n) is 6.07. The maximum atomic E-state index is 12.4. The molecule has 2 aromatic carbocycles. The standard InChI is InChI=1S/C14H11N3O2S2/c15-14-16-13(17-20-14)10-6-8-12(9-7-10)21(18,19)11-4-2-1-3-5-11/h1-9H,(H2,15,16,17). The molecule has 1 heterocycles. The second-order valence-electron chi connectivity index (χ2n) is 4.30. The van der Waals surface area contributed by atoms with E-state index in [4.69, 9.17) is 5.73 Å². The van der Waals surface area contributed by atoms with Crippen molar-refractivity contribution >= 4 is 26.5 Å². The number of nitrogens with two attached hydrogens (primary N) is 1. The van der Waals surface area contributed by atoms with Crippen LogP contribution < -0.4 is 5.73 Å². The minimum atomic E-state index is -3.50. The highest BCUT2D eigenvalue weighted by Gasteiger charge is 2.17. The first-order valence-corrected chi connectivity index (χ1v) is 8.33. The van der Waals surface area contributed by atoms with Crippen LogP contribution in [0.3, 0.4) is 0 Å². The van der Waals surface area contributed by atoms with Crippen molar-refractivity contribution in [2.75, 3.05) is 5.73 Å². The molecule has 5 nitrogen and oxygen atoms in total. The number of anilines is 1. The molecular formula is C14H11N3O2S2. The molecule has 0 amide bonds. The topological polar surface area (TPSA) is 85.9 Å². The average molecular weight is 317 g/mol. The van der Waals surface area contributed by atoms with Crippen LogP contribution in [0.2, 0.25) is 0 Å². The SMILES string of the molecule is Nc1nc(-c2ccc(S(=O)(=O)c3ccccc3)cc2)ns1. The molecule has 0 saturated heterocycles. The monoisotopic (exact) mass is 317 g/mol. The maximum Gasteiger partial charge on any atom is 0.206 e. The highest BCUT2D eigenvalue weighted by atomic mass is 32.2. The minimum Gasteiger partial charge on any atom is -0.374 e. The van der Waals surface area contributed by atoms with Crippen LogP contribution in [0.15, 0.2) is 64.4 Å². The molecular weight excluding hydrogens is 306 g/mol. The summed E-state index contributed by atoms with van der Waals surface area (Å²) >= 11 is 1.10. The van der Waals surface area contributed by atoms with Crippen molar-refractivity contribution in [3.8, 4) is 11.4 Å². The second kappa shape index (κ2) is 5.27. The number of aromatic nitrogens is 2. The van der Waals surface area contributed by atoms with Gasteiger partial charge >= 0.3 is 0 Å². The van der Waals surface area contributed by atoms with Gasteiger partial charge in [-0.05, 0) is 36.4 Å². The summed E-state index contributed by atoms with van der Waals surface area (Å²) in [5.74, 6) is 0.501. The molecule has 1 aromatic heterocycles. The number of sulfone groups is 1. The van der Waals surface area contributed by atoms with E-state index in [-0.39, 0.29) is 9.79 Å². The summed E-state index contributed by atoms with van der Waals surface area (Å²) in [6.45, 7) is 0. The zero-order valence-electron chi connectivity index (χ0n) is 10.8. The van der Waals surface area contributed by atoms with Crippen molar-refractivity contribution < 1.29 is 8.42 Å². The molecule has 0 bridgehead atoms. The molecule has 7 heteroatoms. The van der Waals surface area contributed by atoms with Gasteiger partial charge in [-0.15, -0.1) is 0 Å². The molecule has 0 aliphatic heterocycles. The fourth-order valence-corrected chi connectivity index (χ4v) is 3.61. The van der Waals surface area contributed by atoms with Gasteiger partial charge in [0.05, 0.1) is 9.79 Å². The fourth-order valence-electron chi connectivity index (χ4n) is 1.87. The van der Waals surface area contributed by atoms with Crippen LogP contribution in [0.25, 0.3) is 11.4 Å². The summed E-state index contributed by atoms with van der Waals surface area (Å²) in [6, 6.07) is 14.8. The summed E-state index contributed by atoms with van der Waals surface area (Å²) in [5.41, 5.74) is 6.27. The Morgan fingerprint density at radius 2 is 1.52 bits per heavy atom. The van der Waals surface area contributed by atoms with Gasteiger partial charge in [0.15, 0.2) is 11.0 Å². The smallest absolute Gasteiger partial charge is 0.206 e. The first-order chi connectivity index (χ1) is 10.1. The van der Waals surface area contributed by atoms with Crippen LogP contribution in [0.4, 0.5) is 5.13 Å². The average Bonchev–Trinajstić information content (AvgIpc) is 2.95. The lowest BCUT2D eigenvalue weighted by molar-refractivity contribution is 0.596. The van der Waals surface area contributed by atoms with E-state index in [0.717, 1.165) is 17.1 Å². The zero-order valence-corrected chi connectivity index (χ0v) is 12.4. The van der Waals surface area contributed by atoms with Gasteiger partial charge in [0.1, 0.15) is 0 Å². The van der Waals surface area contributed by atoms with Crippen LogP contribution >= 0.6 is 11.5 Å². The molecule has 0 saturated carbocycles. The lowest BCUT2D eigenvalue weighted by Crippen LogP contribution is -2.01. The highest BCUT2D eigenvalue weighted by Crippen LogP contribution is 2.24. The van der Waals surface area contributed by atoms with Crippen molar-refractivity contribution in [2.24, 2.45) is 0 Å². The number of nitrogens with zero attached hydrogens (tertiary/aromatic N) is 2. The normalized spacial score (nSPS) is 11.4. The van der Waals surface area contributed by atoms with E-state index < -0.39 is 9.84 Å². The van der Waals surface area contributed by atoms with Crippen LogP contribution in [-0.2, 0) is 9.84 Å². The van der Waals surface area contributed by atoms with E-state index in [1.807, 2.05) is 0 Å². The van der Waals surface area contributed by atoms with Crippen molar-refractivity contribution in [1.82, 2.24) is 9.36 Å². The Bertz CT molecular complexity index is 857. The summed E-state index contributed by atoms with van der Waals surface area (Å²) in [7, 11) is -3.50. The molecule has 2 N–H and O–H groups in total. The van der Waals surface area contributed by atoms with Gasteiger partial charge in [0.2, 0.25) is 9.84 Å². The van der Waals surface area contributed by atoms with Crippen LogP contribution in [0, 0.1) is 0 Å². The third kappa shape index (κ3) is 2.65. The molecule has 0 radical (unpaired) electrons. The summed E-state index contributed by atoms with van der Waals surface area (Å²) < 4.78 is 29.0. The van der Waals surface area contributed by atoms with Gasteiger partial charge in [0.25, 0.3) is 0 Å². The van der Waals surface area contributed by atoms with Crippen molar-refractivity contribution in [3.63, 3.8) is 0 Å². The van der Waals surface area contributed by atoms with E-state index >= 15 is 0 Å².